The third-order valence-electron chi connectivity index (χ3n) is 3.10. The van der Waals surface area contributed by atoms with E-state index in [0.717, 1.165) is 12.8 Å². The van der Waals surface area contributed by atoms with Crippen molar-refractivity contribution in [3.63, 3.8) is 0 Å². The van der Waals surface area contributed by atoms with E-state index in [1.54, 1.807) is 0 Å². The van der Waals surface area contributed by atoms with E-state index in [-0.39, 0.29) is 5.54 Å². The monoisotopic (exact) mass is 253 g/mol. The van der Waals surface area contributed by atoms with Gasteiger partial charge in [0.25, 0.3) is 0 Å². The smallest absolute Gasteiger partial charge is 0.0178 e. The first kappa shape index (κ1) is 10.2. The molecule has 0 aromatic heterocycles. The van der Waals surface area contributed by atoms with Gasteiger partial charge in [0, 0.05) is 10.0 Å². The minimum atomic E-state index is 0.175. The summed E-state index contributed by atoms with van der Waals surface area (Å²) < 4.78 is 1.17. The molecule has 2 rings (SSSR count). The highest BCUT2D eigenvalue weighted by atomic mass is 79.9. The van der Waals surface area contributed by atoms with Gasteiger partial charge >= 0.3 is 0 Å². The Morgan fingerprint density at radius 3 is 2.79 bits per heavy atom. The van der Waals surface area contributed by atoms with E-state index in [1.165, 1.54) is 28.4 Å². The maximum absolute atomic E-state index is 6.07. The van der Waals surface area contributed by atoms with Crippen LogP contribution in [0.1, 0.15) is 30.4 Å². The van der Waals surface area contributed by atoms with Crippen molar-refractivity contribution in [2.75, 3.05) is 0 Å². The third-order valence-corrected chi connectivity index (χ3v) is 3.59. The summed E-state index contributed by atoms with van der Waals surface area (Å²) in [6, 6.07) is 6.46. The van der Waals surface area contributed by atoms with Crippen LogP contribution in [0.4, 0.5) is 0 Å². The second kappa shape index (κ2) is 3.67. The molecule has 0 aliphatic heterocycles. The van der Waals surface area contributed by atoms with Gasteiger partial charge in [-0.05, 0) is 55.9 Å². The Morgan fingerprint density at radius 2 is 2.14 bits per heavy atom. The second-order valence-corrected chi connectivity index (χ2v) is 5.35. The van der Waals surface area contributed by atoms with Crippen LogP contribution >= 0.6 is 15.9 Å². The molecule has 0 radical (unpaired) electrons. The number of benzene rings is 1. The van der Waals surface area contributed by atoms with Crippen molar-refractivity contribution in [2.24, 2.45) is 5.73 Å². The Hall–Kier alpha value is -0.340. The topological polar surface area (TPSA) is 26.0 Å². The third kappa shape index (κ3) is 2.37. The van der Waals surface area contributed by atoms with Crippen LogP contribution in [0.3, 0.4) is 0 Å². The Balaban J connectivity index is 2.04. The molecule has 14 heavy (non-hydrogen) atoms. The molecule has 1 saturated carbocycles. The highest BCUT2D eigenvalue weighted by molar-refractivity contribution is 9.10. The molecular formula is C12H16BrN. The van der Waals surface area contributed by atoms with Crippen molar-refractivity contribution in [3.8, 4) is 0 Å². The van der Waals surface area contributed by atoms with Crippen LogP contribution < -0.4 is 5.73 Å². The second-order valence-electron chi connectivity index (χ2n) is 4.43. The number of rotatable bonds is 3. The van der Waals surface area contributed by atoms with Crippen LogP contribution in [0, 0.1) is 6.92 Å². The SMILES string of the molecule is Cc1ccc(Br)cc1CCC1(N)CC1. The van der Waals surface area contributed by atoms with Gasteiger partial charge in [0.1, 0.15) is 0 Å². The molecule has 1 aromatic carbocycles. The maximum atomic E-state index is 6.07. The van der Waals surface area contributed by atoms with Gasteiger partial charge < -0.3 is 5.73 Å². The van der Waals surface area contributed by atoms with Crippen molar-refractivity contribution < 1.29 is 0 Å². The number of hydrogen-bond donors (Lipinski definition) is 1. The Kier molecular flexibility index (Phi) is 2.67. The quantitative estimate of drug-likeness (QED) is 0.880. The first-order chi connectivity index (χ1) is 6.59. The molecule has 0 bridgehead atoms. The predicted octanol–water partition coefficient (Wildman–Crippen LogP) is 3.18. The fourth-order valence-electron chi connectivity index (χ4n) is 1.70. The van der Waals surface area contributed by atoms with Gasteiger partial charge in [-0.25, -0.2) is 0 Å². The van der Waals surface area contributed by atoms with Gasteiger partial charge in [0.05, 0.1) is 0 Å². The molecule has 0 atom stereocenters. The van der Waals surface area contributed by atoms with Crippen molar-refractivity contribution in [2.45, 2.75) is 38.1 Å². The van der Waals surface area contributed by atoms with Crippen LogP contribution in [-0.2, 0) is 6.42 Å². The molecule has 2 N–H and O–H groups in total. The first-order valence-electron chi connectivity index (χ1n) is 5.13. The van der Waals surface area contributed by atoms with E-state index in [9.17, 15) is 0 Å². The maximum Gasteiger partial charge on any atom is 0.0178 e. The molecule has 1 aliphatic rings. The number of hydrogen-bond acceptors (Lipinski definition) is 1. The Bertz CT molecular complexity index is 342. The molecule has 76 valence electrons. The standard InChI is InChI=1S/C12H16BrN/c1-9-2-3-11(13)8-10(9)4-5-12(14)6-7-12/h2-3,8H,4-7,14H2,1H3. The fraction of sp³-hybridized carbons (Fsp3) is 0.500. The summed E-state index contributed by atoms with van der Waals surface area (Å²) in [5.41, 5.74) is 9.05. The highest BCUT2D eigenvalue weighted by Gasteiger charge is 2.37. The summed E-state index contributed by atoms with van der Waals surface area (Å²) in [7, 11) is 0. The molecule has 1 aliphatic carbocycles. The lowest BCUT2D eigenvalue weighted by atomic mass is 10.0. The van der Waals surface area contributed by atoms with E-state index in [0.29, 0.717) is 0 Å². The molecular weight excluding hydrogens is 238 g/mol. The summed E-state index contributed by atoms with van der Waals surface area (Å²) in [5, 5.41) is 0. The highest BCUT2D eigenvalue weighted by Crippen LogP contribution is 2.36. The van der Waals surface area contributed by atoms with E-state index >= 15 is 0 Å². The summed E-state index contributed by atoms with van der Waals surface area (Å²) in [6.07, 6.45) is 4.66. The molecule has 1 fully saturated rings. The summed E-state index contributed by atoms with van der Waals surface area (Å²) in [5.74, 6) is 0. The molecule has 1 nitrogen and oxygen atoms in total. The molecule has 0 spiro atoms. The minimum absolute atomic E-state index is 0.175. The van der Waals surface area contributed by atoms with Crippen LogP contribution in [0.5, 0.6) is 0 Å². The van der Waals surface area contributed by atoms with E-state index in [2.05, 4.69) is 41.1 Å². The van der Waals surface area contributed by atoms with Gasteiger partial charge in [-0.2, -0.15) is 0 Å². The van der Waals surface area contributed by atoms with Crippen LogP contribution in [0.15, 0.2) is 22.7 Å². The predicted molar refractivity (Wildman–Crippen MR) is 63.4 cm³/mol. The zero-order valence-electron chi connectivity index (χ0n) is 8.52. The van der Waals surface area contributed by atoms with Crippen molar-refractivity contribution in [3.05, 3.63) is 33.8 Å². The number of nitrogens with two attached hydrogens (primary N) is 1. The minimum Gasteiger partial charge on any atom is -0.325 e. The Labute approximate surface area is 93.8 Å². The van der Waals surface area contributed by atoms with Gasteiger partial charge in [-0.15, -0.1) is 0 Å². The average molecular weight is 254 g/mol. The molecule has 0 unspecified atom stereocenters. The lowest BCUT2D eigenvalue weighted by Crippen LogP contribution is -2.22. The summed E-state index contributed by atoms with van der Waals surface area (Å²) in [6.45, 7) is 2.16. The summed E-state index contributed by atoms with van der Waals surface area (Å²) >= 11 is 3.50. The van der Waals surface area contributed by atoms with Crippen LogP contribution in [0.25, 0.3) is 0 Å². The van der Waals surface area contributed by atoms with Gasteiger partial charge in [0.2, 0.25) is 0 Å². The van der Waals surface area contributed by atoms with E-state index < -0.39 is 0 Å². The van der Waals surface area contributed by atoms with Crippen molar-refractivity contribution >= 4 is 15.9 Å². The first-order valence-corrected chi connectivity index (χ1v) is 5.92. The number of halogens is 1. The van der Waals surface area contributed by atoms with Crippen molar-refractivity contribution in [1.82, 2.24) is 0 Å². The summed E-state index contributed by atoms with van der Waals surface area (Å²) in [4.78, 5) is 0. The zero-order valence-corrected chi connectivity index (χ0v) is 10.1. The molecule has 0 saturated heterocycles. The Morgan fingerprint density at radius 1 is 1.43 bits per heavy atom. The van der Waals surface area contributed by atoms with Crippen LogP contribution in [-0.4, -0.2) is 5.54 Å². The van der Waals surface area contributed by atoms with Gasteiger partial charge in [0.15, 0.2) is 0 Å². The van der Waals surface area contributed by atoms with Crippen molar-refractivity contribution in [1.29, 1.82) is 0 Å². The molecule has 0 heterocycles. The largest absolute Gasteiger partial charge is 0.325 e. The number of aryl methyl sites for hydroxylation is 2. The normalized spacial score (nSPS) is 18.2. The van der Waals surface area contributed by atoms with E-state index in [4.69, 9.17) is 5.73 Å². The van der Waals surface area contributed by atoms with Gasteiger partial charge in [-0.3, -0.25) is 0 Å². The lowest BCUT2D eigenvalue weighted by Gasteiger charge is -2.10. The zero-order chi connectivity index (χ0) is 10.2. The van der Waals surface area contributed by atoms with Gasteiger partial charge in [-0.1, -0.05) is 22.0 Å². The van der Waals surface area contributed by atoms with E-state index in [1.807, 2.05) is 0 Å². The molecule has 2 heteroatoms. The lowest BCUT2D eigenvalue weighted by molar-refractivity contribution is 0.608. The fourth-order valence-corrected chi connectivity index (χ4v) is 2.11. The average Bonchev–Trinajstić information content (AvgIpc) is 2.87. The van der Waals surface area contributed by atoms with Crippen LogP contribution in [0.2, 0.25) is 0 Å². The molecule has 1 aromatic rings. The molecule has 0 amide bonds.